The molecule has 0 aromatic heterocycles. The minimum Gasteiger partial charge on any atom is -0.524 e. The second-order valence-corrected chi connectivity index (χ2v) is 6.06. The highest BCUT2D eigenvalue weighted by atomic mass is 16.6. The maximum atomic E-state index is 5.89. The van der Waals surface area contributed by atoms with Crippen molar-refractivity contribution in [1.82, 2.24) is 0 Å². The van der Waals surface area contributed by atoms with Gasteiger partial charge in [-0.15, -0.1) is 0 Å². The van der Waals surface area contributed by atoms with Gasteiger partial charge < -0.3 is 18.8 Å². The van der Waals surface area contributed by atoms with Gasteiger partial charge in [0, 0.05) is 0 Å². The van der Waals surface area contributed by atoms with Crippen molar-refractivity contribution in [3.63, 3.8) is 0 Å². The zero-order valence-corrected chi connectivity index (χ0v) is 15.6. The molecule has 0 aliphatic carbocycles. The Morgan fingerprint density at radius 2 is 0.724 bits per heavy atom. The van der Waals surface area contributed by atoms with E-state index in [1.807, 2.05) is 109 Å². The number of hydrogen-bond donors (Lipinski definition) is 0. The minimum absolute atomic E-state index is 0.540. The topological polar surface area (TPSA) is 36.9 Å². The summed E-state index contributed by atoms with van der Waals surface area (Å²) < 4.78 is 23.2. The molecule has 4 aromatic carbocycles. The van der Waals surface area contributed by atoms with Gasteiger partial charge in [-0.2, -0.15) is 0 Å². The van der Waals surface area contributed by atoms with E-state index in [2.05, 4.69) is 0 Å². The molecule has 0 heterocycles. The summed E-state index contributed by atoms with van der Waals surface area (Å²) >= 11 is 0. The van der Waals surface area contributed by atoms with E-state index in [1.54, 1.807) is 0 Å². The van der Waals surface area contributed by atoms with Crippen LogP contribution in [0.5, 0.6) is 34.5 Å². The van der Waals surface area contributed by atoms with Crippen LogP contribution in [0.2, 0.25) is 0 Å². The Morgan fingerprint density at radius 1 is 0.379 bits per heavy atom. The van der Waals surface area contributed by atoms with Crippen LogP contribution in [-0.2, 0) is 0 Å². The lowest BCUT2D eigenvalue weighted by Gasteiger charge is -2.14. The van der Waals surface area contributed by atoms with Crippen LogP contribution in [0.1, 0.15) is 0 Å². The number of hydrogen-bond acceptors (Lipinski definition) is 4. The first kappa shape index (κ1) is 18.5. The average molecular weight is 381 g/mol. The van der Waals surface area contributed by atoms with Crippen molar-refractivity contribution in [3.8, 4) is 34.5 Å². The lowest BCUT2D eigenvalue weighted by Crippen LogP contribution is -2.12. The molecular formula is C24H18BO4. The number of rotatable bonds is 8. The Kier molecular flexibility index (Phi) is 5.98. The summed E-state index contributed by atoms with van der Waals surface area (Å²) in [6, 6.07) is 33.9. The Hall–Kier alpha value is -3.86. The predicted molar refractivity (Wildman–Crippen MR) is 113 cm³/mol. The van der Waals surface area contributed by atoms with Gasteiger partial charge in [-0.25, -0.2) is 0 Å². The van der Waals surface area contributed by atoms with Crippen LogP contribution in [0.4, 0.5) is 0 Å². The third kappa shape index (κ3) is 5.11. The van der Waals surface area contributed by atoms with E-state index in [-0.39, 0.29) is 0 Å². The zero-order chi connectivity index (χ0) is 19.7. The van der Waals surface area contributed by atoms with Crippen LogP contribution in [0.15, 0.2) is 109 Å². The van der Waals surface area contributed by atoms with Crippen LogP contribution in [-0.4, -0.2) is 7.69 Å². The van der Waals surface area contributed by atoms with E-state index in [1.165, 1.54) is 7.69 Å². The first-order valence-electron chi connectivity index (χ1n) is 9.17. The molecule has 29 heavy (non-hydrogen) atoms. The van der Waals surface area contributed by atoms with Crippen molar-refractivity contribution in [1.29, 1.82) is 0 Å². The molecule has 4 aromatic rings. The SMILES string of the molecule is [B](Oc1ccccc1Oc1ccccc1)Oc1ccccc1Oc1ccccc1. The molecule has 0 spiro atoms. The van der Waals surface area contributed by atoms with Gasteiger partial charge in [-0.3, -0.25) is 0 Å². The Bertz CT molecular complexity index is 954. The molecule has 0 bridgehead atoms. The first-order valence-corrected chi connectivity index (χ1v) is 9.17. The Balaban J connectivity index is 1.41. The van der Waals surface area contributed by atoms with E-state index >= 15 is 0 Å². The normalized spacial score (nSPS) is 10.1. The molecular weight excluding hydrogens is 363 g/mol. The van der Waals surface area contributed by atoms with Crippen molar-refractivity contribution in [3.05, 3.63) is 109 Å². The fraction of sp³-hybridized carbons (Fsp3) is 0. The summed E-state index contributed by atoms with van der Waals surface area (Å²) in [5.74, 6) is 3.72. The molecule has 141 valence electrons. The summed E-state index contributed by atoms with van der Waals surface area (Å²) in [5.41, 5.74) is 0. The average Bonchev–Trinajstić information content (AvgIpc) is 2.78. The lowest BCUT2D eigenvalue weighted by atomic mass is 10.2. The summed E-state index contributed by atoms with van der Waals surface area (Å²) in [4.78, 5) is 0. The zero-order valence-electron chi connectivity index (χ0n) is 15.6. The van der Waals surface area contributed by atoms with Crippen LogP contribution < -0.4 is 18.8 Å². The molecule has 0 amide bonds. The second kappa shape index (κ2) is 9.37. The highest BCUT2D eigenvalue weighted by molar-refractivity contribution is 6.21. The predicted octanol–water partition coefficient (Wildman–Crippen LogP) is 6.26. The van der Waals surface area contributed by atoms with E-state index in [9.17, 15) is 0 Å². The third-order valence-corrected chi connectivity index (χ3v) is 3.99. The van der Waals surface area contributed by atoms with Gasteiger partial charge in [-0.05, 0) is 48.5 Å². The van der Waals surface area contributed by atoms with Crippen molar-refractivity contribution < 1.29 is 18.8 Å². The van der Waals surface area contributed by atoms with Gasteiger partial charge in [0.25, 0.3) is 0 Å². The quantitative estimate of drug-likeness (QED) is 0.338. The van der Waals surface area contributed by atoms with E-state index in [0.29, 0.717) is 23.0 Å². The molecule has 4 rings (SSSR count). The number of ether oxygens (including phenoxy) is 2. The molecule has 0 N–H and O–H groups in total. The van der Waals surface area contributed by atoms with Crippen molar-refractivity contribution >= 4 is 7.69 Å². The minimum atomic E-state index is 0.540. The van der Waals surface area contributed by atoms with Gasteiger partial charge in [0.15, 0.2) is 11.5 Å². The van der Waals surface area contributed by atoms with Crippen molar-refractivity contribution in [2.75, 3.05) is 0 Å². The molecule has 0 saturated carbocycles. The largest absolute Gasteiger partial charge is 0.658 e. The van der Waals surface area contributed by atoms with E-state index in [4.69, 9.17) is 18.8 Å². The Labute approximate surface area is 170 Å². The molecule has 1 radical (unpaired) electrons. The highest BCUT2D eigenvalue weighted by Gasteiger charge is 2.11. The maximum Gasteiger partial charge on any atom is 0.658 e. The summed E-state index contributed by atoms with van der Waals surface area (Å²) in [5, 5.41) is 0. The van der Waals surface area contributed by atoms with Gasteiger partial charge in [0.05, 0.1) is 0 Å². The van der Waals surface area contributed by atoms with Crippen LogP contribution >= 0.6 is 0 Å². The maximum absolute atomic E-state index is 5.89. The van der Waals surface area contributed by atoms with E-state index < -0.39 is 0 Å². The summed E-state index contributed by atoms with van der Waals surface area (Å²) in [7, 11) is 1.26. The molecule has 0 aliphatic heterocycles. The lowest BCUT2D eigenvalue weighted by molar-refractivity contribution is 0.404. The third-order valence-electron chi connectivity index (χ3n) is 3.99. The van der Waals surface area contributed by atoms with Gasteiger partial charge >= 0.3 is 7.69 Å². The molecule has 0 aliphatic rings. The molecule has 5 heteroatoms. The fourth-order valence-electron chi connectivity index (χ4n) is 2.62. The molecule has 0 fully saturated rings. The first-order chi connectivity index (χ1) is 14.4. The molecule has 0 saturated heterocycles. The second-order valence-electron chi connectivity index (χ2n) is 6.06. The fourth-order valence-corrected chi connectivity index (χ4v) is 2.62. The van der Waals surface area contributed by atoms with Gasteiger partial charge in [0.2, 0.25) is 0 Å². The summed E-state index contributed by atoms with van der Waals surface area (Å²) in [6.45, 7) is 0. The van der Waals surface area contributed by atoms with Gasteiger partial charge in [-0.1, -0.05) is 60.7 Å². The van der Waals surface area contributed by atoms with Gasteiger partial charge in [0.1, 0.15) is 23.0 Å². The summed E-state index contributed by atoms with van der Waals surface area (Å²) in [6.07, 6.45) is 0. The molecule has 0 unspecified atom stereocenters. The molecule has 0 atom stereocenters. The van der Waals surface area contributed by atoms with E-state index in [0.717, 1.165) is 11.5 Å². The standard InChI is InChI=1S/C24H18BO4/c1-3-11-19(12-4-1)26-21-15-7-9-17-23(21)28-25-29-24-18-10-8-16-22(24)27-20-13-5-2-6-14-20/h1-18H. The smallest absolute Gasteiger partial charge is 0.524 e. The van der Waals surface area contributed by atoms with Crippen molar-refractivity contribution in [2.45, 2.75) is 0 Å². The highest BCUT2D eigenvalue weighted by Crippen LogP contribution is 2.33. The number of para-hydroxylation sites is 6. The van der Waals surface area contributed by atoms with Crippen LogP contribution in [0, 0.1) is 0 Å². The number of benzene rings is 4. The molecule has 4 nitrogen and oxygen atoms in total. The Morgan fingerprint density at radius 3 is 1.14 bits per heavy atom. The van der Waals surface area contributed by atoms with Crippen LogP contribution in [0.3, 0.4) is 0 Å². The van der Waals surface area contributed by atoms with Crippen LogP contribution in [0.25, 0.3) is 0 Å². The van der Waals surface area contributed by atoms with Crippen molar-refractivity contribution in [2.24, 2.45) is 0 Å². The monoisotopic (exact) mass is 381 g/mol.